The van der Waals surface area contributed by atoms with Gasteiger partial charge in [0.15, 0.2) is 0 Å². The fraction of sp³-hybridized carbons (Fsp3) is 0.476. The van der Waals surface area contributed by atoms with Crippen molar-refractivity contribution in [2.24, 2.45) is 5.92 Å². The fourth-order valence-corrected chi connectivity index (χ4v) is 4.48. The van der Waals surface area contributed by atoms with Gasteiger partial charge in [-0.1, -0.05) is 24.3 Å². The van der Waals surface area contributed by atoms with Gasteiger partial charge in [-0.05, 0) is 45.7 Å². The van der Waals surface area contributed by atoms with Crippen molar-refractivity contribution in [1.82, 2.24) is 9.88 Å². The number of likely N-dealkylation sites (N-methyl/N-ethyl adjacent to an activating group) is 1. The van der Waals surface area contributed by atoms with E-state index in [9.17, 15) is 9.59 Å². The summed E-state index contributed by atoms with van der Waals surface area (Å²) in [5.41, 5.74) is 0.415. The first-order valence-electron chi connectivity index (χ1n) is 9.22. The molecule has 144 valence electrons. The van der Waals surface area contributed by atoms with Crippen molar-refractivity contribution >= 4 is 33.4 Å². The van der Waals surface area contributed by atoms with E-state index in [-0.39, 0.29) is 30.3 Å². The van der Waals surface area contributed by atoms with Crippen molar-refractivity contribution in [1.29, 1.82) is 0 Å². The summed E-state index contributed by atoms with van der Waals surface area (Å²) in [4.78, 5) is 31.4. The van der Waals surface area contributed by atoms with Crippen LogP contribution in [-0.2, 0) is 14.3 Å². The zero-order valence-corrected chi connectivity index (χ0v) is 17.1. The molecule has 0 bridgehead atoms. The second-order valence-electron chi connectivity index (χ2n) is 7.96. The Balaban J connectivity index is 1.75. The predicted octanol–water partition coefficient (Wildman–Crippen LogP) is 4.15. The van der Waals surface area contributed by atoms with Gasteiger partial charge >= 0.3 is 5.97 Å². The van der Waals surface area contributed by atoms with Crippen LogP contribution in [0.15, 0.2) is 36.4 Å². The average molecular weight is 387 g/mol. The molecule has 1 heterocycles. The van der Waals surface area contributed by atoms with Gasteiger partial charge in [0.1, 0.15) is 12.1 Å². The van der Waals surface area contributed by atoms with Gasteiger partial charge < -0.3 is 9.64 Å². The van der Waals surface area contributed by atoms with Crippen LogP contribution in [0, 0.1) is 5.92 Å². The number of thiazole rings is 1. The van der Waals surface area contributed by atoms with E-state index in [0.717, 1.165) is 21.6 Å². The van der Waals surface area contributed by atoms with Gasteiger partial charge in [0.05, 0.1) is 21.1 Å². The third kappa shape index (κ3) is 4.75. The Kier molecular flexibility index (Phi) is 5.65. The lowest BCUT2D eigenvalue weighted by Gasteiger charge is -2.30. The summed E-state index contributed by atoms with van der Waals surface area (Å²) in [5, 5.41) is 0.990. The van der Waals surface area contributed by atoms with Crippen molar-refractivity contribution in [3.63, 3.8) is 0 Å². The Labute approximate surface area is 164 Å². The van der Waals surface area contributed by atoms with E-state index >= 15 is 0 Å². The number of amides is 1. The number of nitrogens with zero attached hydrogens (tertiary/aromatic N) is 2. The Morgan fingerprint density at radius 1 is 1.22 bits per heavy atom. The van der Waals surface area contributed by atoms with Crippen LogP contribution < -0.4 is 0 Å². The first kappa shape index (κ1) is 19.5. The van der Waals surface area contributed by atoms with Gasteiger partial charge in [0.25, 0.3) is 0 Å². The maximum absolute atomic E-state index is 13.1. The molecule has 1 aromatic carbocycles. The molecule has 0 saturated heterocycles. The number of hydrogen-bond donors (Lipinski definition) is 0. The summed E-state index contributed by atoms with van der Waals surface area (Å²) in [7, 11) is 1.67. The molecule has 1 aliphatic carbocycles. The van der Waals surface area contributed by atoms with Gasteiger partial charge in [-0.15, -0.1) is 11.3 Å². The normalized spacial score (nSPS) is 19.9. The Morgan fingerprint density at radius 2 is 1.93 bits per heavy atom. The summed E-state index contributed by atoms with van der Waals surface area (Å²) in [5.74, 6) is -0.584. The lowest BCUT2D eigenvalue weighted by Crippen LogP contribution is -2.41. The van der Waals surface area contributed by atoms with Gasteiger partial charge in [0, 0.05) is 13.0 Å². The Hall–Kier alpha value is -2.21. The third-order valence-electron chi connectivity index (χ3n) is 4.54. The highest BCUT2D eigenvalue weighted by atomic mass is 32.1. The minimum Gasteiger partial charge on any atom is -0.459 e. The van der Waals surface area contributed by atoms with Crippen LogP contribution in [0.25, 0.3) is 10.2 Å². The third-order valence-corrected chi connectivity index (χ3v) is 5.71. The molecule has 27 heavy (non-hydrogen) atoms. The highest BCUT2D eigenvalue weighted by molar-refractivity contribution is 7.18. The minimum absolute atomic E-state index is 0.0329. The topological polar surface area (TPSA) is 59.5 Å². The molecule has 6 heteroatoms. The molecule has 1 aromatic heterocycles. The van der Waals surface area contributed by atoms with Crippen LogP contribution in [0.3, 0.4) is 0 Å². The monoisotopic (exact) mass is 386 g/mol. The first-order chi connectivity index (χ1) is 12.7. The summed E-state index contributed by atoms with van der Waals surface area (Å²) in [6.45, 7) is 5.42. The highest BCUT2D eigenvalue weighted by Crippen LogP contribution is 2.39. The largest absolute Gasteiger partial charge is 0.459 e. The molecule has 0 radical (unpaired) electrons. The number of allylic oxidation sites excluding steroid dienone is 2. The molecule has 1 aliphatic rings. The minimum atomic E-state index is -0.557. The van der Waals surface area contributed by atoms with Gasteiger partial charge in [0.2, 0.25) is 5.91 Å². The number of esters is 1. The van der Waals surface area contributed by atoms with Crippen molar-refractivity contribution < 1.29 is 14.3 Å². The number of rotatable bonds is 4. The van der Waals surface area contributed by atoms with Gasteiger partial charge in [-0.3, -0.25) is 9.59 Å². The van der Waals surface area contributed by atoms with Crippen LogP contribution in [0.2, 0.25) is 0 Å². The predicted molar refractivity (Wildman–Crippen MR) is 108 cm³/mol. The second kappa shape index (κ2) is 7.80. The van der Waals surface area contributed by atoms with E-state index in [4.69, 9.17) is 9.72 Å². The molecule has 0 saturated carbocycles. The average Bonchev–Trinajstić information content (AvgIpc) is 3.03. The quantitative estimate of drug-likeness (QED) is 0.585. The maximum Gasteiger partial charge on any atom is 0.326 e. The molecular weight excluding hydrogens is 360 g/mol. The van der Waals surface area contributed by atoms with E-state index in [1.54, 1.807) is 18.4 Å². The summed E-state index contributed by atoms with van der Waals surface area (Å²) in [6.07, 6.45) is 5.62. The van der Waals surface area contributed by atoms with E-state index in [0.29, 0.717) is 6.42 Å². The second-order valence-corrected chi connectivity index (χ2v) is 9.02. The molecule has 5 nitrogen and oxygen atoms in total. The van der Waals surface area contributed by atoms with E-state index in [1.807, 2.05) is 45.0 Å². The maximum atomic E-state index is 13.1. The number of hydrogen-bond acceptors (Lipinski definition) is 5. The zero-order chi connectivity index (χ0) is 19.6. The fourth-order valence-electron chi connectivity index (χ4n) is 3.34. The number of carbonyl (C=O) groups is 2. The van der Waals surface area contributed by atoms with Crippen LogP contribution in [0.1, 0.15) is 44.5 Å². The molecule has 0 fully saturated rings. The lowest BCUT2D eigenvalue weighted by atomic mass is 9.82. The standard InChI is InChI=1S/C21H26N2O3S/c1-21(2,3)26-18(24)13-23(4)20(25)15-10-6-5-9-14(15)19-22-16-11-7-8-12-17(16)27-19/h5-8,11-12,14-15H,9-10,13H2,1-4H3. The molecule has 3 rings (SSSR count). The van der Waals surface area contributed by atoms with Crippen LogP contribution in [-0.4, -0.2) is 41.0 Å². The number of carbonyl (C=O) groups excluding carboxylic acids is 2. The van der Waals surface area contributed by atoms with Gasteiger partial charge in [-0.2, -0.15) is 0 Å². The summed E-state index contributed by atoms with van der Waals surface area (Å²) < 4.78 is 6.47. The summed E-state index contributed by atoms with van der Waals surface area (Å²) >= 11 is 1.65. The molecule has 0 spiro atoms. The number of aromatic nitrogens is 1. The molecule has 1 amide bonds. The van der Waals surface area contributed by atoms with Crippen molar-refractivity contribution in [3.05, 3.63) is 41.4 Å². The number of benzene rings is 1. The van der Waals surface area contributed by atoms with E-state index in [1.165, 1.54) is 4.90 Å². The smallest absolute Gasteiger partial charge is 0.326 e. The van der Waals surface area contributed by atoms with Crippen molar-refractivity contribution in [2.45, 2.75) is 45.1 Å². The Morgan fingerprint density at radius 3 is 2.63 bits per heavy atom. The number of ether oxygens (including phenoxy) is 1. The molecule has 2 aromatic rings. The number of para-hydroxylation sites is 1. The Bertz CT molecular complexity index is 833. The van der Waals surface area contributed by atoms with Crippen LogP contribution >= 0.6 is 11.3 Å². The van der Waals surface area contributed by atoms with Crippen LogP contribution in [0.4, 0.5) is 0 Å². The molecular formula is C21H26N2O3S. The first-order valence-corrected chi connectivity index (χ1v) is 10.0. The van der Waals surface area contributed by atoms with Crippen molar-refractivity contribution in [2.75, 3.05) is 13.6 Å². The molecule has 2 atom stereocenters. The lowest BCUT2D eigenvalue weighted by molar-refractivity contribution is -0.159. The number of fused-ring (bicyclic) bond motifs is 1. The SMILES string of the molecule is CN(CC(=O)OC(C)(C)C)C(=O)C1CC=CCC1c1nc2ccccc2s1. The van der Waals surface area contributed by atoms with E-state index < -0.39 is 5.60 Å². The molecule has 0 N–H and O–H groups in total. The van der Waals surface area contributed by atoms with Gasteiger partial charge in [-0.25, -0.2) is 4.98 Å². The zero-order valence-electron chi connectivity index (χ0n) is 16.3. The molecule has 2 unspecified atom stereocenters. The highest BCUT2D eigenvalue weighted by Gasteiger charge is 2.34. The molecule has 0 aliphatic heterocycles. The summed E-state index contributed by atoms with van der Waals surface area (Å²) in [6, 6.07) is 8.03. The van der Waals surface area contributed by atoms with Crippen LogP contribution in [0.5, 0.6) is 0 Å². The van der Waals surface area contributed by atoms with Crippen molar-refractivity contribution in [3.8, 4) is 0 Å². The van der Waals surface area contributed by atoms with E-state index in [2.05, 4.69) is 12.1 Å².